The highest BCUT2D eigenvalue weighted by Gasteiger charge is 2.04. The van der Waals surface area contributed by atoms with E-state index in [2.05, 4.69) is 5.32 Å². The van der Waals surface area contributed by atoms with Crippen molar-refractivity contribution in [2.24, 2.45) is 0 Å². The lowest BCUT2D eigenvalue weighted by molar-refractivity contribution is 0.238. The number of rotatable bonds is 8. The first-order valence-electron chi connectivity index (χ1n) is 7.62. The van der Waals surface area contributed by atoms with Crippen LogP contribution in [-0.4, -0.2) is 17.8 Å². The zero-order valence-electron chi connectivity index (χ0n) is 13.1. The Balaban J connectivity index is 1.86. The summed E-state index contributed by atoms with van der Waals surface area (Å²) in [5.41, 5.74) is 2.12. The third kappa shape index (κ3) is 5.70. The SMILES string of the molecule is CC[C@H](CO)NCc1ccc(OCc2ccc(Cl)c(Cl)c2)cc1. The van der Waals surface area contributed by atoms with Gasteiger partial charge in [-0.05, 0) is 41.8 Å². The molecule has 23 heavy (non-hydrogen) atoms. The monoisotopic (exact) mass is 353 g/mol. The zero-order chi connectivity index (χ0) is 16.7. The predicted molar refractivity (Wildman–Crippen MR) is 95.2 cm³/mol. The first kappa shape index (κ1) is 18.1. The number of ether oxygens (including phenoxy) is 1. The van der Waals surface area contributed by atoms with E-state index in [1.54, 1.807) is 6.07 Å². The van der Waals surface area contributed by atoms with Crippen molar-refractivity contribution in [2.45, 2.75) is 32.5 Å². The number of aliphatic hydroxyl groups excluding tert-OH is 1. The summed E-state index contributed by atoms with van der Waals surface area (Å²) in [4.78, 5) is 0. The van der Waals surface area contributed by atoms with E-state index < -0.39 is 0 Å². The third-order valence-corrected chi connectivity index (χ3v) is 4.36. The number of hydrogen-bond donors (Lipinski definition) is 2. The molecule has 2 rings (SSSR count). The highest BCUT2D eigenvalue weighted by Crippen LogP contribution is 2.23. The fraction of sp³-hybridized carbons (Fsp3) is 0.333. The fourth-order valence-corrected chi connectivity index (χ4v) is 2.42. The molecule has 0 aliphatic carbocycles. The topological polar surface area (TPSA) is 41.5 Å². The van der Waals surface area contributed by atoms with Gasteiger partial charge in [0.15, 0.2) is 0 Å². The Morgan fingerprint density at radius 1 is 1.04 bits per heavy atom. The van der Waals surface area contributed by atoms with Crippen LogP contribution in [0.2, 0.25) is 10.0 Å². The molecule has 3 nitrogen and oxygen atoms in total. The molecule has 5 heteroatoms. The van der Waals surface area contributed by atoms with Gasteiger partial charge in [-0.25, -0.2) is 0 Å². The van der Waals surface area contributed by atoms with Gasteiger partial charge in [-0.2, -0.15) is 0 Å². The molecule has 0 aromatic heterocycles. The molecule has 0 saturated carbocycles. The van der Waals surface area contributed by atoms with E-state index in [1.807, 2.05) is 43.3 Å². The first-order valence-corrected chi connectivity index (χ1v) is 8.38. The summed E-state index contributed by atoms with van der Waals surface area (Å²) >= 11 is 11.9. The van der Waals surface area contributed by atoms with Crippen LogP contribution < -0.4 is 10.1 Å². The van der Waals surface area contributed by atoms with Crippen LogP contribution in [0.25, 0.3) is 0 Å². The smallest absolute Gasteiger partial charge is 0.119 e. The molecule has 2 N–H and O–H groups in total. The van der Waals surface area contributed by atoms with Crippen molar-refractivity contribution in [1.82, 2.24) is 5.32 Å². The summed E-state index contributed by atoms with van der Waals surface area (Å²) < 4.78 is 5.75. The standard InChI is InChI=1S/C18H21Cl2NO2/c1-2-15(11-22)21-10-13-3-6-16(7-4-13)23-12-14-5-8-17(19)18(20)9-14/h3-9,15,21-22H,2,10-12H2,1H3/t15-/m1/s1. The Labute approximate surface area is 147 Å². The molecule has 2 aromatic carbocycles. The highest BCUT2D eigenvalue weighted by molar-refractivity contribution is 6.42. The van der Waals surface area contributed by atoms with Gasteiger partial charge in [-0.3, -0.25) is 0 Å². The van der Waals surface area contributed by atoms with Crippen molar-refractivity contribution in [1.29, 1.82) is 0 Å². The maximum Gasteiger partial charge on any atom is 0.119 e. The molecule has 0 aliphatic heterocycles. The van der Waals surface area contributed by atoms with E-state index in [0.717, 1.165) is 29.8 Å². The van der Waals surface area contributed by atoms with Gasteiger partial charge in [0, 0.05) is 12.6 Å². The Bertz CT molecular complexity index is 613. The van der Waals surface area contributed by atoms with Gasteiger partial charge in [0.05, 0.1) is 16.7 Å². The van der Waals surface area contributed by atoms with Crippen LogP contribution in [0.15, 0.2) is 42.5 Å². The first-order chi connectivity index (χ1) is 11.1. The van der Waals surface area contributed by atoms with Crippen molar-refractivity contribution in [2.75, 3.05) is 6.61 Å². The van der Waals surface area contributed by atoms with Crippen molar-refractivity contribution >= 4 is 23.2 Å². The summed E-state index contributed by atoms with van der Waals surface area (Å²) in [5, 5.41) is 13.5. The number of hydrogen-bond acceptors (Lipinski definition) is 3. The molecule has 124 valence electrons. The lowest BCUT2D eigenvalue weighted by Crippen LogP contribution is -2.31. The van der Waals surface area contributed by atoms with Gasteiger partial charge in [-0.1, -0.05) is 48.3 Å². The van der Waals surface area contributed by atoms with Gasteiger partial charge < -0.3 is 15.2 Å². The van der Waals surface area contributed by atoms with Crippen LogP contribution in [0.1, 0.15) is 24.5 Å². The van der Waals surface area contributed by atoms with Crippen molar-refractivity contribution in [3.05, 3.63) is 63.6 Å². The second kappa shape index (κ2) is 9.14. The van der Waals surface area contributed by atoms with E-state index in [9.17, 15) is 0 Å². The van der Waals surface area contributed by atoms with Gasteiger partial charge in [0.25, 0.3) is 0 Å². The zero-order valence-corrected chi connectivity index (χ0v) is 14.6. The molecule has 0 spiro atoms. The largest absolute Gasteiger partial charge is 0.489 e. The molecular weight excluding hydrogens is 333 g/mol. The van der Waals surface area contributed by atoms with Gasteiger partial charge in [-0.15, -0.1) is 0 Å². The Hall–Kier alpha value is -1.26. The molecule has 0 bridgehead atoms. The number of nitrogens with one attached hydrogen (secondary N) is 1. The van der Waals surface area contributed by atoms with Gasteiger partial charge in [0.2, 0.25) is 0 Å². The average molecular weight is 354 g/mol. The second-order valence-corrected chi connectivity index (χ2v) is 6.16. The maximum absolute atomic E-state index is 9.16. The lowest BCUT2D eigenvalue weighted by Gasteiger charge is -2.14. The van der Waals surface area contributed by atoms with E-state index in [4.69, 9.17) is 33.0 Å². The molecule has 2 aromatic rings. The number of benzene rings is 2. The second-order valence-electron chi connectivity index (χ2n) is 5.35. The molecule has 0 heterocycles. The minimum Gasteiger partial charge on any atom is -0.489 e. The summed E-state index contributed by atoms with van der Waals surface area (Å²) in [6.07, 6.45) is 0.904. The lowest BCUT2D eigenvalue weighted by atomic mass is 10.2. The van der Waals surface area contributed by atoms with E-state index >= 15 is 0 Å². The minimum atomic E-state index is 0.139. The Morgan fingerprint density at radius 3 is 2.35 bits per heavy atom. The van der Waals surface area contributed by atoms with Crippen LogP contribution in [0.3, 0.4) is 0 Å². The van der Waals surface area contributed by atoms with Crippen LogP contribution in [-0.2, 0) is 13.2 Å². The van der Waals surface area contributed by atoms with Crippen LogP contribution >= 0.6 is 23.2 Å². The van der Waals surface area contributed by atoms with Crippen molar-refractivity contribution < 1.29 is 9.84 Å². The normalized spacial score (nSPS) is 12.2. The van der Waals surface area contributed by atoms with Crippen LogP contribution in [0.4, 0.5) is 0 Å². The Morgan fingerprint density at radius 2 is 1.74 bits per heavy atom. The molecule has 0 amide bonds. The molecule has 0 fully saturated rings. The molecule has 1 atom stereocenters. The summed E-state index contributed by atoms with van der Waals surface area (Å²) in [5.74, 6) is 0.800. The van der Waals surface area contributed by atoms with Crippen molar-refractivity contribution in [3.63, 3.8) is 0 Å². The minimum absolute atomic E-state index is 0.139. The predicted octanol–water partition coefficient (Wildman–Crippen LogP) is 4.43. The van der Waals surface area contributed by atoms with E-state index in [-0.39, 0.29) is 12.6 Å². The van der Waals surface area contributed by atoms with Gasteiger partial charge in [0.1, 0.15) is 12.4 Å². The van der Waals surface area contributed by atoms with E-state index in [1.165, 1.54) is 0 Å². The van der Waals surface area contributed by atoms with E-state index in [0.29, 0.717) is 16.7 Å². The molecule has 0 aliphatic rings. The fourth-order valence-electron chi connectivity index (χ4n) is 2.10. The summed E-state index contributed by atoms with van der Waals surface area (Å²) in [7, 11) is 0. The van der Waals surface area contributed by atoms with Crippen LogP contribution in [0, 0.1) is 0 Å². The third-order valence-electron chi connectivity index (χ3n) is 3.62. The maximum atomic E-state index is 9.16. The molecular formula is C18H21Cl2NO2. The van der Waals surface area contributed by atoms with Gasteiger partial charge >= 0.3 is 0 Å². The summed E-state index contributed by atoms with van der Waals surface area (Å²) in [6.45, 7) is 3.37. The molecule has 0 radical (unpaired) electrons. The number of halogens is 2. The Kier molecular flexibility index (Phi) is 7.18. The quantitative estimate of drug-likeness (QED) is 0.737. The summed E-state index contributed by atoms with van der Waals surface area (Å²) in [6, 6.07) is 13.5. The van der Waals surface area contributed by atoms with Crippen molar-refractivity contribution in [3.8, 4) is 5.75 Å². The van der Waals surface area contributed by atoms with Crippen LogP contribution in [0.5, 0.6) is 5.75 Å². The molecule has 0 unspecified atom stereocenters. The highest BCUT2D eigenvalue weighted by atomic mass is 35.5. The number of aliphatic hydroxyl groups is 1. The average Bonchev–Trinajstić information content (AvgIpc) is 2.58. The molecule has 0 saturated heterocycles.